The highest BCUT2D eigenvalue weighted by molar-refractivity contribution is 6.34. The van der Waals surface area contributed by atoms with Crippen molar-refractivity contribution in [3.63, 3.8) is 0 Å². The molecule has 0 aliphatic rings. The maximum atomic E-state index is 6.24. The Labute approximate surface area is 138 Å². The fourth-order valence-electron chi connectivity index (χ4n) is 2.39. The van der Waals surface area contributed by atoms with Crippen LogP contribution in [0.3, 0.4) is 0 Å². The number of imidazole rings is 1. The van der Waals surface area contributed by atoms with Crippen LogP contribution in [0.1, 0.15) is 11.4 Å². The van der Waals surface area contributed by atoms with E-state index in [9.17, 15) is 0 Å². The van der Waals surface area contributed by atoms with Crippen LogP contribution in [0.4, 0.5) is 0 Å². The Morgan fingerprint density at radius 1 is 1.00 bits per heavy atom. The number of halogens is 3. The lowest BCUT2D eigenvalue weighted by Gasteiger charge is -2.09. The van der Waals surface area contributed by atoms with Gasteiger partial charge < -0.3 is 4.57 Å². The number of nitrogens with zero attached hydrogens (tertiary/aromatic N) is 2. The Balaban J connectivity index is 2.08. The van der Waals surface area contributed by atoms with Gasteiger partial charge in [0.2, 0.25) is 0 Å². The lowest BCUT2D eigenvalue weighted by Crippen LogP contribution is -2.05. The van der Waals surface area contributed by atoms with Gasteiger partial charge in [-0.1, -0.05) is 41.4 Å². The van der Waals surface area contributed by atoms with Gasteiger partial charge in [-0.2, -0.15) is 0 Å². The zero-order valence-corrected chi connectivity index (χ0v) is 13.5. The molecule has 108 valence electrons. The number of alkyl halides is 1. The zero-order valence-electron chi connectivity index (χ0n) is 11.2. The van der Waals surface area contributed by atoms with E-state index in [1.165, 1.54) is 0 Å². The normalized spacial score (nSPS) is 11.2. The molecule has 1 heterocycles. The molecule has 0 aliphatic carbocycles. The minimum Gasteiger partial charge on any atom is -0.323 e. The van der Waals surface area contributed by atoms with Crippen molar-refractivity contribution in [2.24, 2.45) is 0 Å². The second-order valence-corrected chi connectivity index (χ2v) is 6.01. The quantitative estimate of drug-likeness (QED) is 0.599. The minimum atomic E-state index is 0.529. The van der Waals surface area contributed by atoms with Gasteiger partial charge in [-0.3, -0.25) is 0 Å². The van der Waals surface area contributed by atoms with Crippen molar-refractivity contribution in [1.82, 2.24) is 9.55 Å². The summed E-state index contributed by atoms with van der Waals surface area (Å²) in [5.41, 5.74) is 3.01. The summed E-state index contributed by atoms with van der Waals surface area (Å²) in [5, 5.41) is 1.40. The predicted molar refractivity (Wildman–Crippen MR) is 89.7 cm³/mol. The van der Waals surface area contributed by atoms with Crippen LogP contribution in [-0.2, 0) is 13.0 Å². The maximum Gasteiger partial charge on any atom is 0.111 e. The van der Waals surface area contributed by atoms with Crippen molar-refractivity contribution in [2.45, 2.75) is 13.0 Å². The van der Waals surface area contributed by atoms with Gasteiger partial charge in [0.1, 0.15) is 11.3 Å². The molecule has 2 nitrogen and oxygen atoms in total. The maximum absolute atomic E-state index is 6.24. The van der Waals surface area contributed by atoms with Crippen molar-refractivity contribution in [1.29, 1.82) is 0 Å². The molecule has 2 aromatic carbocycles. The van der Waals surface area contributed by atoms with Crippen LogP contribution >= 0.6 is 34.8 Å². The van der Waals surface area contributed by atoms with E-state index in [2.05, 4.69) is 9.55 Å². The number of rotatable bonds is 4. The summed E-state index contributed by atoms with van der Waals surface area (Å²) in [6, 6.07) is 13.6. The van der Waals surface area contributed by atoms with Crippen molar-refractivity contribution < 1.29 is 0 Å². The molecule has 0 aliphatic heterocycles. The predicted octanol–water partition coefficient (Wildman–Crippen LogP) is 5.17. The molecule has 0 spiro atoms. The smallest absolute Gasteiger partial charge is 0.111 e. The molecule has 21 heavy (non-hydrogen) atoms. The first-order valence-electron chi connectivity index (χ1n) is 6.63. The van der Waals surface area contributed by atoms with Crippen LogP contribution < -0.4 is 0 Å². The Kier molecular flexibility index (Phi) is 4.39. The van der Waals surface area contributed by atoms with Gasteiger partial charge in [0.15, 0.2) is 0 Å². The van der Waals surface area contributed by atoms with Gasteiger partial charge >= 0.3 is 0 Å². The summed E-state index contributed by atoms with van der Waals surface area (Å²) in [7, 11) is 0. The third-order valence-corrected chi connectivity index (χ3v) is 4.13. The number of aromatic nitrogens is 2. The van der Waals surface area contributed by atoms with Gasteiger partial charge in [0, 0.05) is 23.9 Å². The average molecular weight is 340 g/mol. The molecular weight excluding hydrogens is 327 g/mol. The molecule has 0 unspecified atom stereocenters. The van der Waals surface area contributed by atoms with Gasteiger partial charge in [0.05, 0.1) is 10.5 Å². The Bertz CT molecular complexity index is 763. The molecule has 0 saturated heterocycles. The van der Waals surface area contributed by atoms with Gasteiger partial charge in [-0.15, -0.1) is 11.6 Å². The fourth-order valence-corrected chi connectivity index (χ4v) is 2.89. The molecule has 0 atom stereocenters. The van der Waals surface area contributed by atoms with Gasteiger partial charge in [-0.05, 0) is 29.8 Å². The Morgan fingerprint density at radius 3 is 2.48 bits per heavy atom. The van der Waals surface area contributed by atoms with Crippen LogP contribution in [0, 0.1) is 0 Å². The molecule has 0 bridgehead atoms. The van der Waals surface area contributed by atoms with E-state index in [1.807, 2.05) is 42.5 Å². The van der Waals surface area contributed by atoms with Crippen molar-refractivity contribution in [3.8, 4) is 0 Å². The average Bonchev–Trinajstić information content (AvgIpc) is 2.82. The van der Waals surface area contributed by atoms with E-state index < -0.39 is 0 Å². The van der Waals surface area contributed by atoms with E-state index in [4.69, 9.17) is 34.8 Å². The third kappa shape index (κ3) is 3.03. The standard InChI is InChI=1S/C16H13Cl3N2/c17-9-8-15-20-16-13(19)2-1-3-14(16)21(15)10-11-4-6-12(18)7-5-11/h1-7H,8-10H2. The highest BCUT2D eigenvalue weighted by Crippen LogP contribution is 2.25. The van der Waals surface area contributed by atoms with Crippen molar-refractivity contribution in [3.05, 3.63) is 63.9 Å². The van der Waals surface area contributed by atoms with E-state index in [0.29, 0.717) is 17.3 Å². The lowest BCUT2D eigenvalue weighted by atomic mass is 10.2. The highest BCUT2D eigenvalue weighted by atomic mass is 35.5. The number of fused-ring (bicyclic) bond motifs is 1. The summed E-state index contributed by atoms with van der Waals surface area (Å²) >= 11 is 18.1. The number of aryl methyl sites for hydroxylation is 1. The van der Waals surface area contributed by atoms with E-state index >= 15 is 0 Å². The highest BCUT2D eigenvalue weighted by Gasteiger charge is 2.12. The molecule has 3 rings (SSSR count). The van der Waals surface area contributed by atoms with Gasteiger partial charge in [-0.25, -0.2) is 4.98 Å². The van der Waals surface area contributed by atoms with E-state index in [1.54, 1.807) is 0 Å². The first-order valence-corrected chi connectivity index (χ1v) is 7.92. The Morgan fingerprint density at radius 2 is 1.76 bits per heavy atom. The summed E-state index contributed by atoms with van der Waals surface area (Å²) in [4.78, 5) is 4.64. The van der Waals surface area contributed by atoms with Crippen molar-refractivity contribution >= 4 is 45.8 Å². The van der Waals surface area contributed by atoms with E-state index in [0.717, 1.165) is 34.0 Å². The molecule has 5 heteroatoms. The van der Waals surface area contributed by atoms with Crippen LogP contribution in [0.25, 0.3) is 11.0 Å². The number of benzene rings is 2. The number of hydrogen-bond acceptors (Lipinski definition) is 1. The van der Waals surface area contributed by atoms with Crippen molar-refractivity contribution in [2.75, 3.05) is 5.88 Å². The summed E-state index contributed by atoms with van der Waals surface area (Å²) in [6.45, 7) is 0.722. The third-order valence-electron chi connectivity index (χ3n) is 3.38. The fraction of sp³-hybridized carbons (Fsp3) is 0.188. The van der Waals surface area contributed by atoms with E-state index in [-0.39, 0.29) is 0 Å². The Hall–Kier alpha value is -1.22. The molecule has 0 amide bonds. The second kappa shape index (κ2) is 6.27. The SMILES string of the molecule is ClCCc1nc2c(Cl)cccc2n1Cc1ccc(Cl)cc1. The van der Waals surface area contributed by atoms with Crippen LogP contribution in [0.15, 0.2) is 42.5 Å². The molecule has 0 fully saturated rings. The number of hydrogen-bond donors (Lipinski definition) is 0. The zero-order chi connectivity index (χ0) is 14.8. The molecule has 0 radical (unpaired) electrons. The lowest BCUT2D eigenvalue weighted by molar-refractivity contribution is 0.754. The van der Waals surface area contributed by atoms with Crippen LogP contribution in [-0.4, -0.2) is 15.4 Å². The first kappa shape index (κ1) is 14.7. The molecule has 0 saturated carbocycles. The van der Waals surface area contributed by atoms with Gasteiger partial charge in [0.25, 0.3) is 0 Å². The molecular formula is C16H13Cl3N2. The molecule has 0 N–H and O–H groups in total. The monoisotopic (exact) mass is 338 g/mol. The summed E-state index contributed by atoms with van der Waals surface area (Å²) < 4.78 is 2.16. The number of para-hydroxylation sites is 1. The van der Waals surface area contributed by atoms with Crippen LogP contribution in [0.5, 0.6) is 0 Å². The minimum absolute atomic E-state index is 0.529. The summed E-state index contributed by atoms with van der Waals surface area (Å²) in [5.74, 6) is 1.48. The topological polar surface area (TPSA) is 17.8 Å². The summed E-state index contributed by atoms with van der Waals surface area (Å²) in [6.07, 6.45) is 0.708. The first-order chi connectivity index (χ1) is 10.2. The molecule has 3 aromatic rings. The van der Waals surface area contributed by atoms with Crippen LogP contribution in [0.2, 0.25) is 10.0 Å². The second-order valence-electron chi connectivity index (χ2n) is 4.79. The largest absolute Gasteiger partial charge is 0.323 e. The molecule has 1 aromatic heterocycles.